The Morgan fingerprint density at radius 1 is 1.09 bits per heavy atom. The number of carboxylic acids is 1. The average Bonchev–Trinajstić information content (AvgIpc) is 2.84. The van der Waals surface area contributed by atoms with Crippen molar-refractivity contribution in [3.05, 3.63) is 29.8 Å². The minimum absolute atomic E-state index is 0.372. The van der Waals surface area contributed by atoms with Crippen LogP contribution in [-0.4, -0.2) is 78.2 Å². The van der Waals surface area contributed by atoms with Crippen LogP contribution in [0.5, 0.6) is 5.75 Å². The van der Waals surface area contributed by atoms with Gasteiger partial charge >= 0.3 is 5.97 Å². The number of benzene rings is 1. The van der Waals surface area contributed by atoms with E-state index >= 15 is 0 Å². The van der Waals surface area contributed by atoms with Gasteiger partial charge in [0.1, 0.15) is 5.75 Å². The Labute approximate surface area is 186 Å². The average molecular weight is 441 g/mol. The van der Waals surface area contributed by atoms with E-state index in [1.54, 1.807) is 24.4 Å². The number of hydrogen-bond acceptors (Lipinski definition) is 10. The molecule has 2 saturated heterocycles. The van der Waals surface area contributed by atoms with Crippen LogP contribution in [0.25, 0.3) is 0 Å². The van der Waals surface area contributed by atoms with Gasteiger partial charge in [0.15, 0.2) is 6.61 Å². The molecule has 170 valence electrons. The fourth-order valence-corrected chi connectivity index (χ4v) is 3.54. The lowest BCUT2D eigenvalue weighted by molar-refractivity contribution is -0.139. The number of hydrogen-bond donors (Lipinski definition) is 2. The van der Waals surface area contributed by atoms with Crippen molar-refractivity contribution in [1.82, 2.24) is 15.0 Å². The summed E-state index contributed by atoms with van der Waals surface area (Å²) in [5, 5.41) is 13.0. The van der Waals surface area contributed by atoms with Crippen molar-refractivity contribution in [2.75, 3.05) is 61.2 Å². The van der Waals surface area contributed by atoms with Gasteiger partial charge < -0.3 is 24.4 Å². The topological polar surface area (TPSA) is 125 Å². The SMILES string of the molecule is O=C(O)COc1cccc(/C=N/Nc2nc(N3CCCCC3)nc(N3CCOCC3)n2)c1. The molecule has 3 heterocycles. The van der Waals surface area contributed by atoms with Crippen LogP contribution in [-0.2, 0) is 9.53 Å². The smallest absolute Gasteiger partial charge is 0.341 e. The van der Waals surface area contributed by atoms with Crippen molar-refractivity contribution in [3.8, 4) is 5.75 Å². The van der Waals surface area contributed by atoms with E-state index in [0.717, 1.165) is 44.6 Å². The summed E-state index contributed by atoms with van der Waals surface area (Å²) in [5.41, 5.74) is 3.66. The monoisotopic (exact) mass is 441 g/mol. The molecular weight excluding hydrogens is 414 g/mol. The minimum Gasteiger partial charge on any atom is -0.482 e. The molecule has 4 rings (SSSR count). The molecule has 2 aliphatic heterocycles. The standard InChI is InChI=1S/C21H27N7O4/c29-18(30)15-32-17-6-4-5-16(13-17)14-22-26-19-23-20(27-7-2-1-3-8-27)25-21(24-19)28-9-11-31-12-10-28/h4-6,13-14H,1-3,7-12,15H2,(H,29,30)(H,23,24,25,26)/b22-14+. The Balaban J connectivity index is 1.49. The Kier molecular flexibility index (Phi) is 7.28. The number of ether oxygens (including phenoxy) is 2. The van der Waals surface area contributed by atoms with Gasteiger partial charge in [-0.1, -0.05) is 12.1 Å². The number of hydrazone groups is 1. The van der Waals surface area contributed by atoms with Crippen molar-refractivity contribution >= 4 is 30.0 Å². The lowest BCUT2D eigenvalue weighted by atomic mass is 10.1. The Bertz CT molecular complexity index is 907. The van der Waals surface area contributed by atoms with Gasteiger partial charge in [-0.15, -0.1) is 0 Å². The summed E-state index contributed by atoms with van der Waals surface area (Å²) in [6.45, 7) is 4.21. The Morgan fingerprint density at radius 3 is 2.53 bits per heavy atom. The first-order chi connectivity index (χ1) is 15.7. The van der Waals surface area contributed by atoms with Gasteiger partial charge in [-0.25, -0.2) is 10.2 Å². The van der Waals surface area contributed by atoms with Gasteiger partial charge in [-0.05, 0) is 37.0 Å². The second-order valence-electron chi connectivity index (χ2n) is 7.53. The highest BCUT2D eigenvalue weighted by Gasteiger charge is 2.20. The first kappa shape index (κ1) is 21.8. The van der Waals surface area contributed by atoms with E-state index in [1.165, 1.54) is 6.42 Å². The normalized spacial score (nSPS) is 16.9. The molecular formula is C21H27N7O4. The largest absolute Gasteiger partial charge is 0.482 e. The van der Waals surface area contributed by atoms with E-state index in [2.05, 4.69) is 30.3 Å². The number of nitrogens with one attached hydrogen (secondary N) is 1. The van der Waals surface area contributed by atoms with Gasteiger partial charge in [0.05, 0.1) is 19.4 Å². The number of aliphatic carboxylic acids is 1. The van der Waals surface area contributed by atoms with E-state index < -0.39 is 12.6 Å². The van der Waals surface area contributed by atoms with Crippen molar-refractivity contribution in [2.24, 2.45) is 5.10 Å². The third-order valence-corrected chi connectivity index (χ3v) is 5.14. The van der Waals surface area contributed by atoms with Crippen LogP contribution in [0, 0.1) is 0 Å². The number of carboxylic acid groups (broad SMARTS) is 1. The molecule has 2 fully saturated rings. The van der Waals surface area contributed by atoms with Crippen LogP contribution in [0.15, 0.2) is 29.4 Å². The number of piperidine rings is 1. The van der Waals surface area contributed by atoms with E-state index in [4.69, 9.17) is 19.6 Å². The van der Waals surface area contributed by atoms with Crippen molar-refractivity contribution < 1.29 is 19.4 Å². The van der Waals surface area contributed by atoms with Crippen LogP contribution in [0.3, 0.4) is 0 Å². The molecule has 1 aromatic carbocycles. The van der Waals surface area contributed by atoms with Crippen molar-refractivity contribution in [3.63, 3.8) is 0 Å². The molecule has 2 aliphatic rings. The molecule has 0 bridgehead atoms. The summed E-state index contributed by atoms with van der Waals surface area (Å²) < 4.78 is 10.6. The fraction of sp³-hybridized carbons (Fsp3) is 0.476. The second kappa shape index (κ2) is 10.7. The van der Waals surface area contributed by atoms with Crippen LogP contribution >= 0.6 is 0 Å². The molecule has 11 nitrogen and oxygen atoms in total. The van der Waals surface area contributed by atoms with Crippen molar-refractivity contribution in [2.45, 2.75) is 19.3 Å². The van der Waals surface area contributed by atoms with Crippen LogP contribution < -0.4 is 20.0 Å². The summed E-state index contributed by atoms with van der Waals surface area (Å²) in [5.74, 6) is 1.07. The molecule has 0 unspecified atom stereocenters. The van der Waals surface area contributed by atoms with Crippen LogP contribution in [0.1, 0.15) is 24.8 Å². The predicted molar refractivity (Wildman–Crippen MR) is 120 cm³/mol. The highest BCUT2D eigenvalue weighted by molar-refractivity contribution is 5.80. The zero-order valence-electron chi connectivity index (χ0n) is 17.8. The lowest BCUT2D eigenvalue weighted by Crippen LogP contribution is -2.38. The van der Waals surface area contributed by atoms with Gasteiger partial charge in [0, 0.05) is 26.2 Å². The van der Waals surface area contributed by atoms with Crippen LogP contribution in [0.2, 0.25) is 0 Å². The summed E-state index contributed by atoms with van der Waals surface area (Å²) in [6, 6.07) is 7.01. The summed E-state index contributed by atoms with van der Waals surface area (Å²) in [4.78, 5) is 28.8. The lowest BCUT2D eigenvalue weighted by Gasteiger charge is -2.30. The molecule has 0 aliphatic carbocycles. The molecule has 2 aromatic rings. The van der Waals surface area contributed by atoms with Gasteiger partial charge in [0.2, 0.25) is 17.8 Å². The zero-order valence-corrected chi connectivity index (χ0v) is 17.8. The molecule has 32 heavy (non-hydrogen) atoms. The van der Waals surface area contributed by atoms with E-state index in [0.29, 0.717) is 36.8 Å². The number of rotatable bonds is 8. The van der Waals surface area contributed by atoms with Gasteiger partial charge in [0.25, 0.3) is 0 Å². The van der Waals surface area contributed by atoms with Crippen LogP contribution in [0.4, 0.5) is 17.8 Å². The third kappa shape index (κ3) is 6.03. The Hall–Kier alpha value is -3.47. The number of aromatic nitrogens is 3. The highest BCUT2D eigenvalue weighted by Crippen LogP contribution is 2.21. The summed E-state index contributed by atoms with van der Waals surface area (Å²) in [7, 11) is 0. The van der Waals surface area contributed by atoms with E-state index in [9.17, 15) is 4.79 Å². The van der Waals surface area contributed by atoms with Crippen molar-refractivity contribution in [1.29, 1.82) is 0 Å². The summed E-state index contributed by atoms with van der Waals surface area (Å²) in [6.07, 6.45) is 5.08. The predicted octanol–water partition coefficient (Wildman–Crippen LogP) is 1.61. The number of nitrogens with zero attached hydrogens (tertiary/aromatic N) is 6. The molecule has 0 saturated carbocycles. The molecule has 1 aromatic heterocycles. The molecule has 2 N–H and O–H groups in total. The zero-order chi connectivity index (χ0) is 22.2. The molecule has 0 radical (unpaired) electrons. The minimum atomic E-state index is -1.03. The van der Waals surface area contributed by atoms with E-state index in [-0.39, 0.29) is 0 Å². The first-order valence-corrected chi connectivity index (χ1v) is 10.7. The highest BCUT2D eigenvalue weighted by atomic mass is 16.5. The quantitative estimate of drug-likeness (QED) is 0.461. The number of anilines is 3. The maximum absolute atomic E-state index is 10.7. The van der Waals surface area contributed by atoms with Gasteiger partial charge in [-0.2, -0.15) is 20.1 Å². The molecule has 0 amide bonds. The Morgan fingerprint density at radius 2 is 1.81 bits per heavy atom. The molecule has 11 heteroatoms. The second-order valence-corrected chi connectivity index (χ2v) is 7.53. The fourth-order valence-electron chi connectivity index (χ4n) is 3.54. The first-order valence-electron chi connectivity index (χ1n) is 10.7. The third-order valence-electron chi connectivity index (χ3n) is 5.14. The van der Waals surface area contributed by atoms with Gasteiger partial charge in [-0.3, -0.25) is 0 Å². The summed E-state index contributed by atoms with van der Waals surface area (Å²) >= 11 is 0. The molecule has 0 atom stereocenters. The maximum Gasteiger partial charge on any atom is 0.341 e. The van der Waals surface area contributed by atoms with E-state index in [1.807, 2.05) is 6.07 Å². The maximum atomic E-state index is 10.7. The molecule has 0 spiro atoms. The number of carbonyl (C=O) groups is 1. The number of morpholine rings is 1.